The molecule has 0 aliphatic rings. The van der Waals surface area contributed by atoms with Crippen molar-refractivity contribution in [3.63, 3.8) is 0 Å². The molecule has 1 rings (SSSR count). The quantitative estimate of drug-likeness (QED) is 0.393. The van der Waals surface area contributed by atoms with Gasteiger partial charge in [-0.2, -0.15) is 21.6 Å². The van der Waals surface area contributed by atoms with Crippen molar-refractivity contribution in [2.24, 2.45) is 0 Å². The maximum atomic E-state index is 12.4. The van der Waals surface area contributed by atoms with Gasteiger partial charge in [0.1, 0.15) is 5.75 Å². The molecule has 3 nitrogen and oxygen atoms in total. The van der Waals surface area contributed by atoms with Gasteiger partial charge in [-0.25, -0.2) is 0 Å². The number of hydrogen-bond donors (Lipinski definition) is 0. The molecular formula is C10H11Br2F3O3SSi. The van der Waals surface area contributed by atoms with Gasteiger partial charge in [0.15, 0.2) is 0 Å². The second kappa shape index (κ2) is 5.62. The van der Waals surface area contributed by atoms with E-state index in [1.165, 1.54) is 6.07 Å². The third-order valence-electron chi connectivity index (χ3n) is 2.31. The molecule has 0 bridgehead atoms. The second-order valence-electron chi connectivity index (χ2n) is 5.00. The van der Waals surface area contributed by atoms with Gasteiger partial charge in [-0.15, -0.1) is 0 Å². The van der Waals surface area contributed by atoms with Gasteiger partial charge in [0, 0.05) is 8.95 Å². The van der Waals surface area contributed by atoms with Crippen LogP contribution in [0.1, 0.15) is 0 Å². The number of hydrogen-bond acceptors (Lipinski definition) is 3. The predicted octanol–water partition coefficient (Wildman–Crippen LogP) is 3.99. The predicted molar refractivity (Wildman–Crippen MR) is 80.4 cm³/mol. The van der Waals surface area contributed by atoms with E-state index in [0.717, 1.165) is 0 Å². The molecule has 0 heterocycles. The molecule has 0 aliphatic heterocycles. The summed E-state index contributed by atoms with van der Waals surface area (Å²) in [7, 11) is -7.78. The van der Waals surface area contributed by atoms with Gasteiger partial charge in [-0.1, -0.05) is 19.6 Å². The standard InChI is InChI=1S/C10H11Br2F3O3SSi/c1-20(2,3)9-5-7(12)6(11)4-8(9)18-19(16,17)10(13,14)15/h4-5H,1-3H3. The summed E-state index contributed by atoms with van der Waals surface area (Å²) >= 11 is 6.36. The molecule has 20 heavy (non-hydrogen) atoms. The smallest absolute Gasteiger partial charge is 0.376 e. The molecule has 0 saturated heterocycles. The molecule has 114 valence electrons. The van der Waals surface area contributed by atoms with E-state index in [9.17, 15) is 21.6 Å². The van der Waals surface area contributed by atoms with Crippen LogP contribution >= 0.6 is 31.9 Å². The summed E-state index contributed by atoms with van der Waals surface area (Å²) in [5, 5.41) is 0.473. The minimum Gasteiger partial charge on any atom is -0.376 e. The topological polar surface area (TPSA) is 43.4 Å². The molecule has 0 aromatic heterocycles. The Morgan fingerprint density at radius 1 is 1.10 bits per heavy atom. The van der Waals surface area contributed by atoms with Gasteiger partial charge < -0.3 is 4.18 Å². The lowest BCUT2D eigenvalue weighted by Gasteiger charge is -2.22. The van der Waals surface area contributed by atoms with E-state index in [1.807, 2.05) is 19.6 Å². The van der Waals surface area contributed by atoms with E-state index in [1.54, 1.807) is 6.07 Å². The lowest BCUT2D eigenvalue weighted by atomic mass is 10.3. The summed E-state index contributed by atoms with van der Waals surface area (Å²) < 4.78 is 64.8. The van der Waals surface area contributed by atoms with Gasteiger partial charge in [-0.05, 0) is 49.2 Å². The van der Waals surface area contributed by atoms with Crippen molar-refractivity contribution in [1.82, 2.24) is 0 Å². The molecule has 0 amide bonds. The zero-order valence-electron chi connectivity index (χ0n) is 10.7. The van der Waals surface area contributed by atoms with Gasteiger partial charge in [0.05, 0.1) is 8.07 Å². The molecule has 0 N–H and O–H groups in total. The fourth-order valence-electron chi connectivity index (χ4n) is 1.35. The van der Waals surface area contributed by atoms with Crippen molar-refractivity contribution in [2.75, 3.05) is 0 Å². The normalized spacial score (nSPS) is 13.4. The molecule has 0 saturated carbocycles. The fourth-order valence-corrected chi connectivity index (χ4v) is 4.21. The maximum Gasteiger partial charge on any atom is 0.534 e. The molecule has 10 heteroatoms. The van der Waals surface area contributed by atoms with Crippen molar-refractivity contribution in [3.05, 3.63) is 21.1 Å². The molecule has 0 atom stereocenters. The minimum atomic E-state index is -5.68. The van der Waals surface area contributed by atoms with Crippen LogP contribution in [0.4, 0.5) is 13.2 Å². The van der Waals surface area contributed by atoms with Gasteiger partial charge in [-0.3, -0.25) is 0 Å². The molecule has 1 aromatic rings. The highest BCUT2D eigenvalue weighted by molar-refractivity contribution is 9.13. The van der Waals surface area contributed by atoms with Crippen LogP contribution in [0, 0.1) is 0 Å². The number of rotatable bonds is 3. The van der Waals surface area contributed by atoms with E-state index in [-0.39, 0.29) is 5.75 Å². The maximum absolute atomic E-state index is 12.4. The van der Waals surface area contributed by atoms with Crippen LogP contribution < -0.4 is 9.37 Å². The Balaban J connectivity index is 3.43. The molecule has 0 fully saturated rings. The highest BCUT2D eigenvalue weighted by atomic mass is 79.9. The summed E-state index contributed by atoms with van der Waals surface area (Å²) in [6, 6.07) is 2.80. The van der Waals surface area contributed by atoms with Crippen LogP contribution in [0.5, 0.6) is 5.75 Å². The zero-order valence-corrected chi connectivity index (χ0v) is 15.7. The monoisotopic (exact) mass is 454 g/mol. The first kappa shape index (κ1) is 18.0. The lowest BCUT2D eigenvalue weighted by molar-refractivity contribution is -0.0499. The first-order valence-corrected chi connectivity index (χ1v) is 11.8. The summed E-state index contributed by atoms with van der Waals surface area (Å²) in [6.45, 7) is 5.61. The second-order valence-corrected chi connectivity index (χ2v) is 13.3. The Hall–Kier alpha value is -0.0631. The van der Waals surface area contributed by atoms with E-state index in [2.05, 4.69) is 36.0 Å². The SMILES string of the molecule is C[Si](C)(C)c1cc(Br)c(Br)cc1OS(=O)(=O)C(F)(F)F. The van der Waals surface area contributed by atoms with Gasteiger partial charge in [0.25, 0.3) is 0 Å². The third kappa shape index (κ3) is 3.98. The first-order chi connectivity index (χ1) is 8.75. The Labute approximate surface area is 132 Å². The number of alkyl halides is 3. The van der Waals surface area contributed by atoms with Crippen LogP contribution in [-0.4, -0.2) is 22.0 Å². The van der Waals surface area contributed by atoms with Crippen molar-refractivity contribution >= 4 is 55.2 Å². The Morgan fingerprint density at radius 3 is 1.95 bits per heavy atom. The van der Waals surface area contributed by atoms with Crippen molar-refractivity contribution < 1.29 is 25.8 Å². The van der Waals surface area contributed by atoms with Crippen molar-refractivity contribution in [1.29, 1.82) is 0 Å². The highest BCUT2D eigenvalue weighted by Gasteiger charge is 2.49. The molecule has 0 aliphatic carbocycles. The molecular weight excluding hydrogens is 445 g/mol. The average molecular weight is 456 g/mol. The zero-order chi connectivity index (χ0) is 15.9. The Kier molecular flexibility index (Phi) is 5.05. The van der Waals surface area contributed by atoms with Crippen LogP contribution in [0.15, 0.2) is 21.1 Å². The van der Waals surface area contributed by atoms with Crippen LogP contribution in [0.3, 0.4) is 0 Å². The lowest BCUT2D eigenvalue weighted by Crippen LogP contribution is -2.40. The average Bonchev–Trinajstić information content (AvgIpc) is 2.19. The summed E-state index contributed by atoms with van der Waals surface area (Å²) in [4.78, 5) is 0. The Bertz CT molecular complexity index is 624. The summed E-state index contributed by atoms with van der Waals surface area (Å²) in [6.07, 6.45) is 0. The first-order valence-electron chi connectivity index (χ1n) is 5.26. The van der Waals surface area contributed by atoms with Crippen molar-refractivity contribution in [3.8, 4) is 5.75 Å². The van der Waals surface area contributed by atoms with E-state index < -0.39 is 23.7 Å². The minimum absolute atomic E-state index is 0.295. The van der Waals surface area contributed by atoms with Crippen molar-refractivity contribution in [2.45, 2.75) is 25.1 Å². The van der Waals surface area contributed by atoms with E-state index in [0.29, 0.717) is 14.1 Å². The van der Waals surface area contributed by atoms with Crippen LogP contribution in [0.25, 0.3) is 0 Å². The largest absolute Gasteiger partial charge is 0.534 e. The molecule has 0 spiro atoms. The highest BCUT2D eigenvalue weighted by Crippen LogP contribution is 2.32. The van der Waals surface area contributed by atoms with E-state index >= 15 is 0 Å². The molecule has 1 aromatic carbocycles. The van der Waals surface area contributed by atoms with Gasteiger partial charge in [0.2, 0.25) is 0 Å². The number of halogens is 5. The summed E-state index contributed by atoms with van der Waals surface area (Å²) in [5.74, 6) is -0.295. The summed E-state index contributed by atoms with van der Waals surface area (Å²) in [5.41, 5.74) is -5.46. The van der Waals surface area contributed by atoms with Gasteiger partial charge >= 0.3 is 15.6 Å². The van der Waals surface area contributed by atoms with Crippen LogP contribution in [0.2, 0.25) is 19.6 Å². The van der Waals surface area contributed by atoms with Crippen LogP contribution in [-0.2, 0) is 10.1 Å². The molecule has 0 radical (unpaired) electrons. The third-order valence-corrected chi connectivity index (χ3v) is 7.13. The molecule has 0 unspecified atom stereocenters. The van der Waals surface area contributed by atoms with E-state index in [4.69, 9.17) is 0 Å². The fraction of sp³-hybridized carbons (Fsp3) is 0.400. The number of benzene rings is 1. The Morgan fingerprint density at radius 2 is 1.55 bits per heavy atom.